The van der Waals surface area contributed by atoms with Crippen LogP contribution >= 0.6 is 0 Å². The van der Waals surface area contributed by atoms with Gasteiger partial charge in [0.2, 0.25) is 0 Å². The second-order valence-corrected chi connectivity index (χ2v) is 9.58. The van der Waals surface area contributed by atoms with E-state index in [1.54, 1.807) is 18.2 Å². The van der Waals surface area contributed by atoms with Crippen LogP contribution in [0.2, 0.25) is 0 Å². The maximum absolute atomic E-state index is 12.5. The molecule has 5 aromatic rings. The number of benzene rings is 4. The van der Waals surface area contributed by atoms with Crippen molar-refractivity contribution in [3.8, 4) is 11.5 Å². The first-order valence-corrected chi connectivity index (χ1v) is 12.6. The predicted octanol–water partition coefficient (Wildman–Crippen LogP) is 6.36. The highest BCUT2D eigenvalue weighted by atomic mass is 32.2. The van der Waals surface area contributed by atoms with Gasteiger partial charge >= 0.3 is 0 Å². The lowest BCUT2D eigenvalue weighted by molar-refractivity contribution is 0.482. The van der Waals surface area contributed by atoms with E-state index in [9.17, 15) is 8.42 Å². The maximum atomic E-state index is 12.5. The number of aromatic amines is 1. The Morgan fingerprint density at radius 1 is 0.829 bits per heavy atom. The zero-order chi connectivity index (χ0) is 24.1. The highest BCUT2D eigenvalue weighted by molar-refractivity contribution is 7.95. The Labute approximate surface area is 204 Å². The van der Waals surface area contributed by atoms with Crippen molar-refractivity contribution in [3.05, 3.63) is 125 Å². The lowest BCUT2D eigenvalue weighted by atomic mass is 10.1. The van der Waals surface area contributed by atoms with Crippen molar-refractivity contribution in [1.82, 2.24) is 9.97 Å². The first kappa shape index (κ1) is 22.4. The number of nitrogens with zero attached hydrogens (tertiary/aromatic N) is 1. The van der Waals surface area contributed by atoms with Crippen molar-refractivity contribution in [2.24, 2.45) is 0 Å². The van der Waals surface area contributed by atoms with E-state index in [-0.39, 0.29) is 0 Å². The summed E-state index contributed by atoms with van der Waals surface area (Å²) in [6, 6.07) is 32.0. The highest BCUT2D eigenvalue weighted by Crippen LogP contribution is 2.23. The van der Waals surface area contributed by atoms with Gasteiger partial charge in [0.15, 0.2) is 0 Å². The van der Waals surface area contributed by atoms with Crippen molar-refractivity contribution in [1.29, 1.82) is 0 Å². The second kappa shape index (κ2) is 9.87. The molecule has 174 valence electrons. The number of H-pyrrole nitrogens is 1. The van der Waals surface area contributed by atoms with Crippen LogP contribution in [0.3, 0.4) is 0 Å². The summed E-state index contributed by atoms with van der Waals surface area (Å²) in [5.41, 5.74) is 3.88. The Morgan fingerprint density at radius 3 is 2.26 bits per heavy atom. The van der Waals surface area contributed by atoms with Crippen LogP contribution in [0.5, 0.6) is 11.5 Å². The standard InChI is InChI=1S/C28H23N3O3S/c32-35(33,18-17-21-7-3-1-4-8-21)31-23-13-16-26-27(20-23)30-28(29-26)19-22-11-14-25(15-12-22)34-24-9-5-2-6-10-24/h1-18,20,31H,19H2,(H,29,30). The fourth-order valence-corrected chi connectivity index (χ4v) is 4.49. The minimum absolute atomic E-state index is 0.454. The van der Waals surface area contributed by atoms with E-state index in [1.165, 1.54) is 0 Å². The monoisotopic (exact) mass is 481 g/mol. The Morgan fingerprint density at radius 2 is 1.51 bits per heavy atom. The first-order chi connectivity index (χ1) is 17.0. The summed E-state index contributed by atoms with van der Waals surface area (Å²) in [5, 5.41) is 1.16. The number of fused-ring (bicyclic) bond motifs is 1. The van der Waals surface area contributed by atoms with Crippen LogP contribution in [-0.2, 0) is 16.4 Å². The fourth-order valence-electron chi connectivity index (χ4n) is 3.63. The average Bonchev–Trinajstić information content (AvgIpc) is 3.27. The molecule has 0 spiro atoms. The Kier molecular flexibility index (Phi) is 6.32. The molecule has 35 heavy (non-hydrogen) atoms. The average molecular weight is 482 g/mol. The molecule has 4 aromatic carbocycles. The number of sulfonamides is 1. The second-order valence-electron chi connectivity index (χ2n) is 8.01. The third kappa shape index (κ3) is 5.96. The number of aromatic nitrogens is 2. The summed E-state index contributed by atoms with van der Waals surface area (Å²) in [4.78, 5) is 7.94. The van der Waals surface area contributed by atoms with E-state index < -0.39 is 10.0 Å². The molecule has 0 saturated heterocycles. The molecular weight excluding hydrogens is 458 g/mol. The molecule has 0 bridgehead atoms. The predicted molar refractivity (Wildman–Crippen MR) is 140 cm³/mol. The van der Waals surface area contributed by atoms with Crippen LogP contribution in [-0.4, -0.2) is 18.4 Å². The molecular formula is C28H23N3O3S. The van der Waals surface area contributed by atoms with E-state index >= 15 is 0 Å². The third-order valence-electron chi connectivity index (χ3n) is 5.31. The molecule has 0 radical (unpaired) electrons. The van der Waals surface area contributed by atoms with E-state index in [4.69, 9.17) is 4.74 Å². The van der Waals surface area contributed by atoms with E-state index in [1.807, 2.05) is 91.0 Å². The van der Waals surface area contributed by atoms with Crippen LogP contribution in [0, 0.1) is 0 Å². The number of rotatable bonds is 8. The van der Waals surface area contributed by atoms with Crippen molar-refractivity contribution in [2.45, 2.75) is 6.42 Å². The van der Waals surface area contributed by atoms with Gasteiger partial charge in [0.1, 0.15) is 17.3 Å². The third-order valence-corrected chi connectivity index (χ3v) is 6.32. The normalized spacial score (nSPS) is 11.7. The molecule has 1 heterocycles. The van der Waals surface area contributed by atoms with Gasteiger partial charge < -0.3 is 9.72 Å². The molecule has 0 amide bonds. The van der Waals surface area contributed by atoms with Crippen LogP contribution in [0.4, 0.5) is 5.69 Å². The minimum Gasteiger partial charge on any atom is -0.457 e. The number of nitrogens with one attached hydrogen (secondary N) is 2. The Hall–Kier alpha value is -4.36. The summed E-state index contributed by atoms with van der Waals surface area (Å²) in [6.45, 7) is 0. The molecule has 0 saturated carbocycles. The topological polar surface area (TPSA) is 84.1 Å². The Balaban J connectivity index is 1.26. The number of hydrogen-bond donors (Lipinski definition) is 2. The number of para-hydroxylation sites is 1. The largest absolute Gasteiger partial charge is 0.457 e. The van der Waals surface area contributed by atoms with E-state index in [2.05, 4.69) is 14.7 Å². The van der Waals surface area contributed by atoms with Crippen LogP contribution in [0.15, 0.2) is 109 Å². The van der Waals surface area contributed by atoms with Gasteiger partial charge in [-0.15, -0.1) is 0 Å². The van der Waals surface area contributed by atoms with Crippen LogP contribution in [0.25, 0.3) is 17.1 Å². The lowest BCUT2D eigenvalue weighted by Gasteiger charge is -2.06. The molecule has 5 rings (SSSR count). The zero-order valence-electron chi connectivity index (χ0n) is 18.8. The minimum atomic E-state index is -3.65. The summed E-state index contributed by atoms with van der Waals surface area (Å²) in [7, 11) is -3.65. The molecule has 2 N–H and O–H groups in total. The molecule has 1 aromatic heterocycles. The SMILES string of the molecule is O=S(=O)(C=Cc1ccccc1)Nc1ccc2[nH]c(Cc3ccc(Oc4ccccc4)cc3)nc2c1. The molecule has 0 aliphatic carbocycles. The number of anilines is 1. The van der Waals surface area contributed by atoms with Gasteiger partial charge in [0, 0.05) is 6.42 Å². The smallest absolute Gasteiger partial charge is 0.255 e. The maximum Gasteiger partial charge on any atom is 0.255 e. The van der Waals surface area contributed by atoms with Crippen molar-refractivity contribution < 1.29 is 13.2 Å². The van der Waals surface area contributed by atoms with Gasteiger partial charge in [-0.1, -0.05) is 60.7 Å². The molecule has 0 aliphatic rings. The molecule has 0 atom stereocenters. The zero-order valence-corrected chi connectivity index (χ0v) is 19.6. The summed E-state index contributed by atoms with van der Waals surface area (Å²) in [6.07, 6.45) is 2.17. The summed E-state index contributed by atoms with van der Waals surface area (Å²) in [5.74, 6) is 2.35. The summed E-state index contributed by atoms with van der Waals surface area (Å²) >= 11 is 0. The molecule has 0 fully saturated rings. The van der Waals surface area contributed by atoms with Crippen LogP contribution in [0.1, 0.15) is 17.0 Å². The van der Waals surface area contributed by atoms with Crippen molar-refractivity contribution >= 4 is 32.8 Å². The van der Waals surface area contributed by atoms with Gasteiger partial charge in [-0.2, -0.15) is 0 Å². The fraction of sp³-hybridized carbons (Fsp3) is 0.0357. The number of ether oxygens (including phenoxy) is 1. The number of hydrogen-bond acceptors (Lipinski definition) is 4. The summed E-state index contributed by atoms with van der Waals surface area (Å²) < 4.78 is 33.4. The highest BCUT2D eigenvalue weighted by Gasteiger charge is 2.09. The molecule has 7 heteroatoms. The number of imidazole rings is 1. The van der Waals surface area contributed by atoms with Gasteiger partial charge in [-0.05, 0) is 59.7 Å². The molecule has 6 nitrogen and oxygen atoms in total. The van der Waals surface area contributed by atoms with Gasteiger partial charge in [0.05, 0.1) is 22.1 Å². The molecule has 0 aliphatic heterocycles. The van der Waals surface area contributed by atoms with Crippen molar-refractivity contribution in [2.75, 3.05) is 4.72 Å². The van der Waals surface area contributed by atoms with Gasteiger partial charge in [-0.3, -0.25) is 4.72 Å². The van der Waals surface area contributed by atoms with Gasteiger partial charge in [0.25, 0.3) is 10.0 Å². The van der Waals surface area contributed by atoms with E-state index in [0.717, 1.165) is 39.4 Å². The van der Waals surface area contributed by atoms with Crippen molar-refractivity contribution in [3.63, 3.8) is 0 Å². The first-order valence-electron chi connectivity index (χ1n) is 11.1. The quantitative estimate of drug-likeness (QED) is 0.270. The van der Waals surface area contributed by atoms with Crippen LogP contribution < -0.4 is 9.46 Å². The van der Waals surface area contributed by atoms with E-state index in [0.29, 0.717) is 17.6 Å². The lowest BCUT2D eigenvalue weighted by Crippen LogP contribution is -2.08. The molecule has 0 unspecified atom stereocenters. The Bertz CT molecular complexity index is 1560. The van der Waals surface area contributed by atoms with Gasteiger partial charge in [-0.25, -0.2) is 13.4 Å².